The summed E-state index contributed by atoms with van der Waals surface area (Å²) in [5.41, 5.74) is 2.14. The molecule has 144 valence electrons. The first-order chi connectivity index (χ1) is 12.8. The van der Waals surface area contributed by atoms with Gasteiger partial charge in [0.2, 0.25) is 0 Å². The van der Waals surface area contributed by atoms with Crippen LogP contribution in [0.25, 0.3) is 0 Å². The normalized spacial score (nSPS) is 17.7. The molecule has 2 aromatic rings. The van der Waals surface area contributed by atoms with Crippen LogP contribution in [-0.4, -0.2) is 46.6 Å². The number of piperazine rings is 1. The number of nitrogens with one attached hydrogen (secondary N) is 1. The van der Waals surface area contributed by atoms with Crippen LogP contribution in [0.15, 0.2) is 36.7 Å². The van der Waals surface area contributed by atoms with E-state index in [1.807, 2.05) is 24.0 Å². The summed E-state index contributed by atoms with van der Waals surface area (Å²) >= 11 is 6.15. The molecule has 7 heteroatoms. The number of aromatic nitrogens is 2. The number of halogens is 1. The Morgan fingerprint density at radius 2 is 1.81 bits per heavy atom. The van der Waals surface area contributed by atoms with Crippen LogP contribution in [0, 0.1) is 0 Å². The molecule has 1 saturated heterocycles. The van der Waals surface area contributed by atoms with Crippen molar-refractivity contribution in [2.24, 2.45) is 0 Å². The maximum atomic E-state index is 12.7. The van der Waals surface area contributed by atoms with E-state index in [4.69, 9.17) is 11.6 Å². The maximum absolute atomic E-state index is 12.7. The molecule has 1 atom stereocenters. The molecule has 1 aromatic carbocycles. The van der Waals surface area contributed by atoms with E-state index < -0.39 is 0 Å². The minimum Gasteiger partial charge on any atom is -0.350 e. The topological polar surface area (TPSA) is 61.4 Å². The molecule has 0 spiro atoms. The van der Waals surface area contributed by atoms with Crippen LogP contribution in [0.5, 0.6) is 0 Å². The molecule has 0 radical (unpaired) electrons. The minimum absolute atomic E-state index is 0.0330. The predicted octanol–water partition coefficient (Wildman–Crippen LogP) is 4.17. The van der Waals surface area contributed by atoms with Crippen LogP contribution in [0.1, 0.15) is 33.3 Å². The molecular formula is C20H26ClN5O. The molecular weight excluding hydrogens is 362 g/mol. The van der Waals surface area contributed by atoms with Gasteiger partial charge in [-0.15, -0.1) is 0 Å². The molecule has 1 N–H and O–H groups in total. The van der Waals surface area contributed by atoms with Crippen LogP contribution in [0.3, 0.4) is 0 Å². The van der Waals surface area contributed by atoms with E-state index in [1.165, 1.54) is 5.56 Å². The lowest BCUT2D eigenvalue weighted by Gasteiger charge is -2.40. The van der Waals surface area contributed by atoms with Crippen molar-refractivity contribution >= 4 is 29.1 Å². The largest absolute Gasteiger partial charge is 0.350 e. The highest BCUT2D eigenvalue weighted by molar-refractivity contribution is 6.31. The summed E-state index contributed by atoms with van der Waals surface area (Å²) in [4.78, 5) is 25.0. The molecule has 0 bridgehead atoms. The van der Waals surface area contributed by atoms with Crippen LogP contribution in [0.4, 0.5) is 16.3 Å². The highest BCUT2D eigenvalue weighted by atomic mass is 35.5. The second-order valence-corrected chi connectivity index (χ2v) is 8.27. The van der Waals surface area contributed by atoms with E-state index in [0.29, 0.717) is 30.6 Å². The number of benzene rings is 1. The molecule has 1 aromatic heterocycles. The first-order valence-corrected chi connectivity index (χ1v) is 9.53. The van der Waals surface area contributed by atoms with Gasteiger partial charge in [-0.1, -0.05) is 44.5 Å². The van der Waals surface area contributed by atoms with Gasteiger partial charge in [0.25, 0.3) is 0 Å². The van der Waals surface area contributed by atoms with E-state index in [1.54, 1.807) is 12.4 Å². The minimum atomic E-state index is -0.0871. The average Bonchev–Trinajstić information content (AvgIpc) is 2.61. The quantitative estimate of drug-likeness (QED) is 0.840. The molecule has 2 amide bonds. The lowest BCUT2D eigenvalue weighted by molar-refractivity contribution is 0.184. The number of hydrogen-bond acceptors (Lipinski definition) is 4. The van der Waals surface area contributed by atoms with Gasteiger partial charge in [0, 0.05) is 43.8 Å². The van der Waals surface area contributed by atoms with E-state index in [9.17, 15) is 4.79 Å². The summed E-state index contributed by atoms with van der Waals surface area (Å²) < 4.78 is 0. The Morgan fingerprint density at radius 3 is 2.41 bits per heavy atom. The second kappa shape index (κ2) is 7.72. The van der Waals surface area contributed by atoms with Gasteiger partial charge in [0.1, 0.15) is 0 Å². The predicted molar refractivity (Wildman–Crippen MR) is 110 cm³/mol. The van der Waals surface area contributed by atoms with Crippen molar-refractivity contribution < 1.29 is 4.79 Å². The molecule has 0 saturated carbocycles. The lowest BCUT2D eigenvalue weighted by atomic mass is 9.87. The van der Waals surface area contributed by atoms with Crippen molar-refractivity contribution in [2.75, 3.05) is 29.9 Å². The van der Waals surface area contributed by atoms with Crippen LogP contribution in [-0.2, 0) is 5.41 Å². The number of carbonyl (C=O) groups is 1. The van der Waals surface area contributed by atoms with Crippen molar-refractivity contribution in [3.8, 4) is 0 Å². The Hall–Kier alpha value is -2.34. The Bertz CT molecular complexity index is 803. The smallest absolute Gasteiger partial charge is 0.322 e. The Balaban J connectivity index is 1.62. The van der Waals surface area contributed by atoms with Crippen LogP contribution < -0.4 is 10.2 Å². The van der Waals surface area contributed by atoms with Gasteiger partial charge in [-0.3, -0.25) is 0 Å². The van der Waals surface area contributed by atoms with Gasteiger partial charge in [-0.25, -0.2) is 14.8 Å². The molecule has 1 unspecified atom stereocenters. The average molecular weight is 388 g/mol. The number of nitrogens with zero attached hydrogens (tertiary/aromatic N) is 4. The molecule has 1 fully saturated rings. The zero-order valence-corrected chi connectivity index (χ0v) is 17.0. The van der Waals surface area contributed by atoms with Crippen LogP contribution >= 0.6 is 11.6 Å². The van der Waals surface area contributed by atoms with E-state index in [0.717, 1.165) is 5.69 Å². The van der Waals surface area contributed by atoms with E-state index >= 15 is 0 Å². The zero-order chi connectivity index (χ0) is 19.6. The molecule has 1 aliphatic heterocycles. The third-order valence-corrected chi connectivity index (χ3v) is 5.09. The molecule has 3 rings (SSSR count). The Kier molecular flexibility index (Phi) is 5.56. The SMILES string of the molecule is CC1CN(c2nccnc2Cl)CCN1C(=O)Nc1ccc(C(C)(C)C)cc1. The highest BCUT2D eigenvalue weighted by Gasteiger charge is 2.29. The maximum Gasteiger partial charge on any atom is 0.322 e. The fourth-order valence-corrected chi connectivity index (χ4v) is 3.45. The van der Waals surface area contributed by atoms with Gasteiger partial charge >= 0.3 is 6.03 Å². The fraction of sp³-hybridized carbons (Fsp3) is 0.450. The summed E-state index contributed by atoms with van der Waals surface area (Å²) in [5.74, 6) is 0.670. The molecule has 6 nitrogen and oxygen atoms in total. The van der Waals surface area contributed by atoms with Crippen molar-refractivity contribution in [3.05, 3.63) is 47.4 Å². The van der Waals surface area contributed by atoms with Crippen molar-refractivity contribution in [1.82, 2.24) is 14.9 Å². The van der Waals surface area contributed by atoms with Crippen molar-refractivity contribution in [2.45, 2.75) is 39.2 Å². The first kappa shape index (κ1) is 19.4. The first-order valence-electron chi connectivity index (χ1n) is 9.15. The molecule has 2 heterocycles. The highest BCUT2D eigenvalue weighted by Crippen LogP contribution is 2.25. The summed E-state index contributed by atoms with van der Waals surface area (Å²) in [5, 5.41) is 3.39. The second-order valence-electron chi connectivity index (χ2n) is 7.92. The van der Waals surface area contributed by atoms with Gasteiger partial charge in [0.15, 0.2) is 11.0 Å². The Morgan fingerprint density at radius 1 is 1.15 bits per heavy atom. The van der Waals surface area contributed by atoms with Crippen molar-refractivity contribution in [1.29, 1.82) is 0 Å². The number of carbonyl (C=O) groups excluding carboxylic acids is 1. The molecule has 1 aliphatic rings. The third kappa shape index (κ3) is 4.50. The third-order valence-electron chi connectivity index (χ3n) is 4.83. The molecule has 27 heavy (non-hydrogen) atoms. The van der Waals surface area contributed by atoms with Gasteiger partial charge in [-0.2, -0.15) is 0 Å². The summed E-state index contributed by atoms with van der Waals surface area (Å²) in [7, 11) is 0. The van der Waals surface area contributed by atoms with E-state index in [2.05, 4.69) is 53.1 Å². The summed E-state index contributed by atoms with van der Waals surface area (Å²) in [6, 6.07) is 7.99. The van der Waals surface area contributed by atoms with Crippen molar-refractivity contribution in [3.63, 3.8) is 0 Å². The number of anilines is 2. The number of hydrogen-bond donors (Lipinski definition) is 1. The van der Waals surface area contributed by atoms with Gasteiger partial charge in [0.05, 0.1) is 0 Å². The standard InChI is InChI=1S/C20H26ClN5O/c1-14-13-25(18-17(21)22-9-10-23-18)11-12-26(14)19(27)24-16-7-5-15(6-8-16)20(2,3)4/h5-10,14H,11-13H2,1-4H3,(H,24,27). The summed E-state index contributed by atoms with van der Waals surface area (Å²) in [6.07, 6.45) is 3.20. The molecule has 0 aliphatic carbocycles. The number of rotatable bonds is 2. The number of urea groups is 1. The summed E-state index contributed by atoms with van der Waals surface area (Å²) in [6.45, 7) is 10.5. The van der Waals surface area contributed by atoms with Crippen LogP contribution in [0.2, 0.25) is 5.15 Å². The van der Waals surface area contributed by atoms with E-state index in [-0.39, 0.29) is 17.5 Å². The zero-order valence-electron chi connectivity index (χ0n) is 16.2. The fourth-order valence-electron chi connectivity index (χ4n) is 3.23. The monoisotopic (exact) mass is 387 g/mol. The Labute approximate surface area is 165 Å². The lowest BCUT2D eigenvalue weighted by Crippen LogP contribution is -2.55. The number of amides is 2. The van der Waals surface area contributed by atoms with Gasteiger partial charge in [-0.05, 0) is 30.0 Å². The van der Waals surface area contributed by atoms with Gasteiger partial charge < -0.3 is 15.1 Å².